The van der Waals surface area contributed by atoms with Gasteiger partial charge in [-0.1, -0.05) is 17.3 Å². The predicted octanol–water partition coefficient (Wildman–Crippen LogP) is 3.71. The van der Waals surface area contributed by atoms with Crippen molar-refractivity contribution in [2.45, 2.75) is 25.3 Å². The summed E-state index contributed by atoms with van der Waals surface area (Å²) in [6.45, 7) is 0.722. The molecule has 7 heteroatoms. The second-order valence-electron chi connectivity index (χ2n) is 6.21. The zero-order chi connectivity index (χ0) is 17.9. The largest absolute Gasteiger partial charge is 0.496 e. The fourth-order valence-corrected chi connectivity index (χ4v) is 3.97. The zero-order valence-electron chi connectivity index (χ0n) is 14.4. The minimum absolute atomic E-state index is 0.0999. The molecule has 1 aliphatic heterocycles. The number of methoxy groups -OCH3 is 1. The van der Waals surface area contributed by atoms with Gasteiger partial charge in [0.1, 0.15) is 11.8 Å². The molecule has 1 aromatic carbocycles. The first-order valence-corrected chi connectivity index (χ1v) is 9.48. The molecule has 0 spiro atoms. The van der Waals surface area contributed by atoms with Crippen LogP contribution in [0.1, 0.15) is 30.3 Å². The van der Waals surface area contributed by atoms with Gasteiger partial charge in [-0.15, -0.1) is 0 Å². The molecule has 26 heavy (non-hydrogen) atoms. The van der Waals surface area contributed by atoms with E-state index in [0.29, 0.717) is 23.9 Å². The highest BCUT2D eigenvalue weighted by Gasteiger charge is 2.34. The summed E-state index contributed by atoms with van der Waals surface area (Å²) in [6, 6.07) is 9.38. The third-order valence-electron chi connectivity index (χ3n) is 4.58. The highest BCUT2D eigenvalue weighted by molar-refractivity contribution is 7.08. The number of thiophene rings is 1. The van der Waals surface area contributed by atoms with Gasteiger partial charge in [0.05, 0.1) is 19.1 Å². The molecule has 2 aromatic heterocycles. The number of ether oxygens (including phenoxy) is 1. The van der Waals surface area contributed by atoms with Crippen LogP contribution in [0, 0.1) is 0 Å². The van der Waals surface area contributed by atoms with Crippen molar-refractivity contribution in [3.8, 4) is 17.1 Å². The van der Waals surface area contributed by atoms with Crippen molar-refractivity contribution in [3.63, 3.8) is 0 Å². The van der Waals surface area contributed by atoms with Gasteiger partial charge in [-0.2, -0.15) is 16.3 Å². The Morgan fingerprint density at radius 3 is 3.08 bits per heavy atom. The number of rotatable bonds is 5. The topological polar surface area (TPSA) is 68.5 Å². The van der Waals surface area contributed by atoms with Gasteiger partial charge in [0.15, 0.2) is 0 Å². The summed E-state index contributed by atoms with van der Waals surface area (Å²) in [5, 5.41) is 8.10. The van der Waals surface area contributed by atoms with E-state index in [-0.39, 0.29) is 11.9 Å². The quantitative estimate of drug-likeness (QED) is 0.686. The number of para-hydroxylation sites is 1. The molecule has 1 aliphatic rings. The lowest BCUT2D eigenvalue weighted by Gasteiger charge is -2.21. The summed E-state index contributed by atoms with van der Waals surface area (Å²) >= 11 is 1.60. The molecule has 4 rings (SSSR count). The fraction of sp³-hybridized carbons (Fsp3) is 0.316. The highest BCUT2D eigenvalue weighted by atomic mass is 32.1. The van der Waals surface area contributed by atoms with Gasteiger partial charge < -0.3 is 14.2 Å². The lowest BCUT2D eigenvalue weighted by Crippen LogP contribution is -2.31. The van der Waals surface area contributed by atoms with Gasteiger partial charge in [0, 0.05) is 6.54 Å². The minimum Gasteiger partial charge on any atom is -0.496 e. The van der Waals surface area contributed by atoms with Crippen molar-refractivity contribution in [1.29, 1.82) is 0 Å². The molecule has 6 nitrogen and oxygen atoms in total. The van der Waals surface area contributed by atoms with E-state index in [4.69, 9.17) is 9.26 Å². The van der Waals surface area contributed by atoms with Crippen molar-refractivity contribution in [2.75, 3.05) is 13.7 Å². The molecule has 3 heterocycles. The Kier molecular flexibility index (Phi) is 4.71. The average molecular weight is 369 g/mol. The smallest absolute Gasteiger partial charge is 0.249 e. The van der Waals surface area contributed by atoms with Crippen molar-refractivity contribution in [3.05, 3.63) is 52.5 Å². The van der Waals surface area contributed by atoms with Gasteiger partial charge in [-0.25, -0.2) is 0 Å². The number of nitrogens with zero attached hydrogens (tertiary/aromatic N) is 3. The van der Waals surface area contributed by atoms with Gasteiger partial charge in [-0.05, 0) is 47.4 Å². The third-order valence-corrected chi connectivity index (χ3v) is 5.32. The van der Waals surface area contributed by atoms with Crippen molar-refractivity contribution >= 4 is 17.2 Å². The maximum Gasteiger partial charge on any atom is 0.249 e. The maximum atomic E-state index is 12.7. The van der Waals surface area contributed by atoms with Gasteiger partial charge >= 0.3 is 0 Å². The van der Waals surface area contributed by atoms with Crippen molar-refractivity contribution < 1.29 is 14.1 Å². The number of carbonyl (C=O) groups is 1. The fourth-order valence-electron chi connectivity index (χ4n) is 3.30. The van der Waals surface area contributed by atoms with E-state index < -0.39 is 0 Å². The van der Waals surface area contributed by atoms with Crippen LogP contribution in [-0.2, 0) is 11.2 Å². The van der Waals surface area contributed by atoms with E-state index >= 15 is 0 Å². The van der Waals surface area contributed by atoms with Crippen LogP contribution in [0.25, 0.3) is 11.4 Å². The van der Waals surface area contributed by atoms with Crippen LogP contribution in [0.4, 0.5) is 0 Å². The van der Waals surface area contributed by atoms with Crippen LogP contribution in [0.15, 0.2) is 45.6 Å². The number of amides is 1. The Morgan fingerprint density at radius 1 is 1.38 bits per heavy atom. The number of likely N-dealkylation sites (tertiary alicyclic amines) is 1. The lowest BCUT2D eigenvalue weighted by atomic mass is 10.1. The first kappa shape index (κ1) is 16.8. The molecule has 1 unspecified atom stereocenters. The molecule has 3 aromatic rings. The summed E-state index contributed by atoms with van der Waals surface area (Å²) in [6.07, 6.45) is 2.18. The number of carbonyl (C=O) groups excluding carboxylic acids is 1. The van der Waals surface area contributed by atoms with Crippen LogP contribution in [0.3, 0.4) is 0 Å². The van der Waals surface area contributed by atoms with Crippen LogP contribution in [-0.4, -0.2) is 34.6 Å². The summed E-state index contributed by atoms with van der Waals surface area (Å²) in [5.41, 5.74) is 1.82. The van der Waals surface area contributed by atoms with Crippen LogP contribution < -0.4 is 4.74 Å². The molecule has 0 radical (unpaired) electrons. The Hall–Kier alpha value is -2.67. The van der Waals surface area contributed by atoms with E-state index in [9.17, 15) is 4.79 Å². The Bertz CT molecular complexity index is 891. The lowest BCUT2D eigenvalue weighted by molar-refractivity contribution is -0.131. The maximum absolute atomic E-state index is 12.7. The summed E-state index contributed by atoms with van der Waals surface area (Å²) in [5.74, 6) is 1.76. The summed E-state index contributed by atoms with van der Waals surface area (Å²) in [7, 11) is 1.61. The Balaban J connectivity index is 1.55. The average Bonchev–Trinajstić information content (AvgIpc) is 3.41. The normalized spacial score (nSPS) is 16.8. The molecule has 1 saturated heterocycles. The van der Waals surface area contributed by atoms with E-state index in [2.05, 4.69) is 10.1 Å². The second kappa shape index (κ2) is 7.29. The van der Waals surface area contributed by atoms with Gasteiger partial charge in [0.2, 0.25) is 17.6 Å². The van der Waals surface area contributed by atoms with Crippen LogP contribution in [0.5, 0.6) is 5.75 Å². The molecular weight excluding hydrogens is 350 g/mol. The molecule has 134 valence electrons. The monoisotopic (exact) mass is 369 g/mol. The minimum atomic E-state index is -0.155. The standard InChI is InChI=1S/C19H19N3O3S/c1-24-16-7-3-2-5-14(16)18-20-19(25-21-18)15-6-4-9-22(15)17(23)11-13-8-10-26-12-13/h2-3,5,7-8,10,12,15H,4,6,9,11H2,1H3. The van der Waals surface area contributed by atoms with Crippen molar-refractivity contribution in [2.24, 2.45) is 0 Å². The third kappa shape index (κ3) is 3.22. The molecule has 0 saturated carbocycles. The Morgan fingerprint density at radius 2 is 2.27 bits per heavy atom. The highest BCUT2D eigenvalue weighted by Crippen LogP contribution is 2.34. The van der Waals surface area contributed by atoms with Crippen LogP contribution in [0.2, 0.25) is 0 Å². The van der Waals surface area contributed by atoms with E-state index in [1.807, 2.05) is 46.0 Å². The zero-order valence-corrected chi connectivity index (χ0v) is 15.2. The van der Waals surface area contributed by atoms with Crippen LogP contribution >= 0.6 is 11.3 Å². The molecule has 0 bridgehead atoms. The molecule has 0 aliphatic carbocycles. The SMILES string of the molecule is COc1ccccc1-c1noc(C2CCCN2C(=O)Cc2ccsc2)n1. The molecule has 1 amide bonds. The van der Waals surface area contributed by atoms with Gasteiger partial charge in [-0.3, -0.25) is 4.79 Å². The van der Waals surface area contributed by atoms with E-state index in [1.165, 1.54) is 0 Å². The number of hydrogen-bond donors (Lipinski definition) is 0. The number of benzene rings is 1. The van der Waals surface area contributed by atoms with E-state index in [0.717, 1.165) is 30.5 Å². The molecule has 1 fully saturated rings. The summed E-state index contributed by atoms with van der Waals surface area (Å²) < 4.78 is 10.9. The predicted molar refractivity (Wildman–Crippen MR) is 98.0 cm³/mol. The number of hydrogen-bond acceptors (Lipinski definition) is 6. The first-order chi connectivity index (χ1) is 12.8. The number of aromatic nitrogens is 2. The Labute approximate surface area is 155 Å². The van der Waals surface area contributed by atoms with E-state index in [1.54, 1.807) is 18.4 Å². The van der Waals surface area contributed by atoms with Crippen molar-refractivity contribution in [1.82, 2.24) is 15.0 Å². The first-order valence-electron chi connectivity index (χ1n) is 8.54. The van der Waals surface area contributed by atoms with Gasteiger partial charge in [0.25, 0.3) is 0 Å². The molecule has 1 atom stereocenters. The molecule has 0 N–H and O–H groups in total. The summed E-state index contributed by atoms with van der Waals surface area (Å²) in [4.78, 5) is 19.1. The second-order valence-corrected chi connectivity index (χ2v) is 6.99. The molecular formula is C19H19N3O3S.